The van der Waals surface area contributed by atoms with Crippen LogP contribution < -0.4 is 10.9 Å². The van der Waals surface area contributed by atoms with Crippen molar-refractivity contribution in [2.45, 2.75) is 45.5 Å². The molecule has 2 aromatic rings. The minimum absolute atomic E-state index is 0.138. The summed E-state index contributed by atoms with van der Waals surface area (Å²) in [5.74, 6) is 0.274. The Morgan fingerprint density at radius 3 is 2.74 bits per heavy atom. The van der Waals surface area contributed by atoms with Crippen molar-refractivity contribution in [2.24, 2.45) is 5.92 Å². The number of nitrogens with zero attached hydrogens (tertiary/aromatic N) is 1. The van der Waals surface area contributed by atoms with E-state index >= 15 is 0 Å². The molecule has 0 bridgehead atoms. The van der Waals surface area contributed by atoms with Crippen LogP contribution in [0.3, 0.4) is 0 Å². The Morgan fingerprint density at radius 2 is 2.11 bits per heavy atom. The van der Waals surface area contributed by atoms with Crippen LogP contribution in [0.15, 0.2) is 4.79 Å². The molecular weight excluding hydrogens is 399 g/mol. The molecule has 0 fully saturated rings. The summed E-state index contributed by atoms with van der Waals surface area (Å²) >= 11 is 2.57. The van der Waals surface area contributed by atoms with Crippen LogP contribution in [0.5, 0.6) is 0 Å². The van der Waals surface area contributed by atoms with Gasteiger partial charge in [-0.25, -0.2) is 4.98 Å². The van der Waals surface area contributed by atoms with Gasteiger partial charge in [-0.05, 0) is 24.8 Å². The molecule has 0 radical (unpaired) electrons. The van der Waals surface area contributed by atoms with Gasteiger partial charge < -0.3 is 10.3 Å². The number of nitrogens with one attached hydrogen (secondary N) is 2. The molecule has 1 amide bonds. The summed E-state index contributed by atoms with van der Waals surface area (Å²) in [4.78, 5) is 32.9. The van der Waals surface area contributed by atoms with Gasteiger partial charge >= 0.3 is 6.18 Å². The van der Waals surface area contributed by atoms with Gasteiger partial charge in [-0.3, -0.25) is 9.59 Å². The maximum absolute atomic E-state index is 12.5. The largest absolute Gasteiger partial charge is 0.405 e. The van der Waals surface area contributed by atoms with Gasteiger partial charge in [-0.15, -0.1) is 23.1 Å². The van der Waals surface area contributed by atoms with Crippen molar-refractivity contribution in [3.8, 4) is 0 Å². The lowest BCUT2D eigenvalue weighted by Crippen LogP contribution is -2.34. The summed E-state index contributed by atoms with van der Waals surface area (Å²) in [6.45, 7) is 4.88. The Balaban J connectivity index is 2.04. The summed E-state index contributed by atoms with van der Waals surface area (Å²) in [5, 5.41) is 2.43. The zero-order valence-electron chi connectivity index (χ0n) is 15.3. The number of fused-ring (bicyclic) bond motifs is 1. The fourth-order valence-electron chi connectivity index (χ4n) is 2.52. The van der Waals surface area contributed by atoms with Crippen LogP contribution >= 0.6 is 23.1 Å². The van der Waals surface area contributed by atoms with Gasteiger partial charge in [0.1, 0.15) is 17.2 Å². The van der Waals surface area contributed by atoms with Crippen molar-refractivity contribution in [3.05, 3.63) is 26.6 Å². The van der Waals surface area contributed by atoms with E-state index in [1.165, 1.54) is 11.3 Å². The normalized spacial score (nSPS) is 13.1. The summed E-state index contributed by atoms with van der Waals surface area (Å²) in [6.07, 6.45) is -2.59. The van der Waals surface area contributed by atoms with Gasteiger partial charge in [0.25, 0.3) is 5.56 Å². The van der Waals surface area contributed by atoms with Crippen LogP contribution in [0.1, 0.15) is 36.5 Å². The monoisotopic (exact) mass is 421 g/mol. The summed E-state index contributed by atoms with van der Waals surface area (Å²) < 4.78 is 36.2. The molecular formula is C17H22F3N3O2S2. The molecule has 0 aliphatic carbocycles. The van der Waals surface area contributed by atoms with Crippen LogP contribution in [0.4, 0.5) is 13.2 Å². The van der Waals surface area contributed by atoms with E-state index in [-0.39, 0.29) is 17.1 Å². The van der Waals surface area contributed by atoms with Gasteiger partial charge in [-0.1, -0.05) is 20.3 Å². The molecule has 2 N–H and O–H groups in total. The van der Waals surface area contributed by atoms with Crippen LogP contribution in [-0.4, -0.2) is 34.3 Å². The van der Waals surface area contributed by atoms with E-state index < -0.39 is 18.6 Å². The van der Waals surface area contributed by atoms with E-state index in [1.807, 2.05) is 12.2 Å². The number of H-pyrrole nitrogens is 1. The zero-order valence-corrected chi connectivity index (χ0v) is 17.0. The highest BCUT2D eigenvalue weighted by Crippen LogP contribution is 2.29. The number of carbonyl (C=O) groups is 1. The van der Waals surface area contributed by atoms with Crippen molar-refractivity contribution in [1.29, 1.82) is 0 Å². The van der Waals surface area contributed by atoms with Crippen molar-refractivity contribution in [2.75, 3.05) is 12.3 Å². The topological polar surface area (TPSA) is 74.8 Å². The quantitative estimate of drug-likeness (QED) is 0.680. The molecule has 0 aliphatic heterocycles. The van der Waals surface area contributed by atoms with E-state index in [1.54, 1.807) is 0 Å². The van der Waals surface area contributed by atoms with Crippen LogP contribution in [0.2, 0.25) is 0 Å². The van der Waals surface area contributed by atoms with Gasteiger partial charge in [0.15, 0.2) is 0 Å². The number of aromatic amines is 1. The first-order valence-electron chi connectivity index (χ1n) is 8.53. The Hall–Kier alpha value is -1.55. The highest BCUT2D eigenvalue weighted by Gasteiger charge is 2.27. The second kappa shape index (κ2) is 9.09. The molecule has 2 heterocycles. The Labute approximate surface area is 163 Å². The number of aromatic nitrogens is 2. The molecule has 5 nitrogen and oxygen atoms in total. The molecule has 150 valence electrons. The molecule has 0 aromatic carbocycles. The molecule has 2 rings (SSSR count). The fraction of sp³-hybridized carbons (Fsp3) is 0.588. The van der Waals surface area contributed by atoms with Gasteiger partial charge in [0.05, 0.1) is 16.9 Å². The first-order chi connectivity index (χ1) is 12.6. The lowest BCUT2D eigenvalue weighted by molar-refractivity contribution is -0.136. The number of aryl methyl sites for hydroxylation is 1. The maximum atomic E-state index is 12.5. The fourth-order valence-corrected chi connectivity index (χ4v) is 4.31. The smallest absolute Gasteiger partial charge is 0.346 e. The SMILES string of the molecule is CC[C@@H](C)Cc1c(C)sc2nc(CSCC(=O)NCC(F)(F)F)[nH]c(=O)c12. The maximum Gasteiger partial charge on any atom is 0.405 e. The summed E-state index contributed by atoms with van der Waals surface area (Å²) in [5.41, 5.74) is 0.823. The number of hydrogen-bond donors (Lipinski definition) is 2. The van der Waals surface area contributed by atoms with Crippen molar-refractivity contribution >= 4 is 39.2 Å². The Kier molecular flexibility index (Phi) is 7.32. The molecule has 0 saturated heterocycles. The predicted molar refractivity (Wildman–Crippen MR) is 103 cm³/mol. The van der Waals surface area contributed by atoms with Crippen molar-refractivity contribution in [3.63, 3.8) is 0 Å². The molecule has 2 aromatic heterocycles. The lowest BCUT2D eigenvalue weighted by atomic mass is 9.98. The van der Waals surface area contributed by atoms with Gasteiger partial charge in [-0.2, -0.15) is 13.2 Å². The van der Waals surface area contributed by atoms with Gasteiger partial charge in [0.2, 0.25) is 5.91 Å². The van der Waals surface area contributed by atoms with Crippen LogP contribution in [0, 0.1) is 12.8 Å². The average molecular weight is 422 g/mol. The number of carbonyl (C=O) groups excluding carboxylic acids is 1. The predicted octanol–water partition coefficient (Wildman–Crippen LogP) is 3.79. The Bertz CT molecular complexity index is 861. The first kappa shape index (κ1) is 21.7. The summed E-state index contributed by atoms with van der Waals surface area (Å²) in [6, 6.07) is 0. The third-order valence-corrected chi connectivity index (χ3v) is 6.10. The minimum atomic E-state index is -4.43. The van der Waals surface area contributed by atoms with Crippen molar-refractivity contribution in [1.82, 2.24) is 15.3 Å². The van der Waals surface area contributed by atoms with E-state index in [2.05, 4.69) is 23.8 Å². The molecule has 10 heteroatoms. The van der Waals surface area contributed by atoms with Crippen LogP contribution in [0.25, 0.3) is 10.2 Å². The van der Waals surface area contributed by atoms with E-state index in [0.29, 0.717) is 22.0 Å². The molecule has 0 aliphatic rings. The van der Waals surface area contributed by atoms with Crippen molar-refractivity contribution < 1.29 is 18.0 Å². The Morgan fingerprint density at radius 1 is 1.41 bits per heavy atom. The lowest BCUT2D eigenvalue weighted by Gasteiger charge is -2.08. The summed E-state index contributed by atoms with van der Waals surface area (Å²) in [7, 11) is 0. The standard InChI is InChI=1S/C17H22F3N3O2S2/c1-4-9(2)5-11-10(3)27-16-14(11)15(25)22-12(23-16)6-26-7-13(24)21-8-17(18,19)20/h9H,4-8H2,1-3H3,(H,21,24)(H,22,23,25)/t9-/m1/s1. The molecule has 0 unspecified atom stereocenters. The second-order valence-electron chi connectivity index (χ2n) is 6.43. The third-order valence-electron chi connectivity index (χ3n) is 4.12. The molecule has 0 spiro atoms. The van der Waals surface area contributed by atoms with Gasteiger partial charge in [0, 0.05) is 4.88 Å². The second-order valence-corrected chi connectivity index (χ2v) is 8.62. The third kappa shape index (κ3) is 6.24. The van der Waals surface area contributed by atoms with E-state index in [4.69, 9.17) is 0 Å². The number of amides is 1. The number of thiophene rings is 1. The van der Waals surface area contributed by atoms with E-state index in [0.717, 1.165) is 35.0 Å². The highest BCUT2D eigenvalue weighted by molar-refractivity contribution is 7.99. The first-order valence-corrected chi connectivity index (χ1v) is 10.5. The van der Waals surface area contributed by atoms with Crippen LogP contribution in [-0.2, 0) is 17.0 Å². The number of thioether (sulfide) groups is 1. The highest BCUT2D eigenvalue weighted by atomic mass is 32.2. The number of halogens is 3. The number of hydrogen-bond acceptors (Lipinski definition) is 5. The zero-order chi connectivity index (χ0) is 20.2. The molecule has 0 saturated carbocycles. The van der Waals surface area contributed by atoms with E-state index in [9.17, 15) is 22.8 Å². The molecule has 27 heavy (non-hydrogen) atoms. The number of alkyl halides is 3. The molecule has 1 atom stereocenters. The number of rotatable bonds is 8. The average Bonchev–Trinajstić information content (AvgIpc) is 2.88. The minimum Gasteiger partial charge on any atom is -0.346 e.